The van der Waals surface area contributed by atoms with Crippen LogP contribution in [0.15, 0.2) is 18.5 Å². The number of carbonyl (C=O) groups is 1. The van der Waals surface area contributed by atoms with Gasteiger partial charge in [0.1, 0.15) is 15.5 Å². The van der Waals surface area contributed by atoms with E-state index in [-0.39, 0.29) is 14.4 Å². The first-order chi connectivity index (χ1) is 15.5. The van der Waals surface area contributed by atoms with Gasteiger partial charge in [-0.05, 0) is 44.4 Å². The zero-order valence-electron chi connectivity index (χ0n) is 18.6. The number of carbonyl (C=O) groups excluding carboxylic acids is 1. The predicted octanol–water partition coefficient (Wildman–Crippen LogP) is 4.39. The van der Waals surface area contributed by atoms with Crippen molar-refractivity contribution in [3.05, 3.63) is 28.9 Å². The minimum absolute atomic E-state index is 0. The highest BCUT2D eigenvalue weighted by atomic mass is 32.1. The van der Waals surface area contributed by atoms with Gasteiger partial charge in [0, 0.05) is 59.2 Å². The van der Waals surface area contributed by atoms with Gasteiger partial charge >= 0.3 is 0 Å². The lowest BCUT2D eigenvalue weighted by atomic mass is 9.93. The molecule has 32 heavy (non-hydrogen) atoms. The van der Waals surface area contributed by atoms with Crippen molar-refractivity contribution in [2.45, 2.75) is 44.8 Å². The summed E-state index contributed by atoms with van der Waals surface area (Å²) in [5.41, 5.74) is 3.32. The van der Waals surface area contributed by atoms with Gasteiger partial charge in [0.15, 0.2) is 0 Å². The van der Waals surface area contributed by atoms with Gasteiger partial charge in [-0.15, -0.1) is 22.7 Å². The standard InChI is InChI=1S/C23H29N5O2S2.2H2/c1-23(30-2)6-11-28(12-7-23)10-5-19(29)27-22-20(15-3-8-25-14-18(15)32-22)21-26-16-13-24-9-4-17(16)31-21;;/h4,9,13,25H,3,5-8,10-12,14H2,1-2H3,(H,27,29);2*1H. The van der Waals surface area contributed by atoms with Crippen molar-refractivity contribution in [2.75, 3.05) is 38.6 Å². The largest absolute Gasteiger partial charge is 0.378 e. The van der Waals surface area contributed by atoms with E-state index in [0.29, 0.717) is 6.42 Å². The number of nitrogens with one attached hydrogen (secondary N) is 2. The topological polar surface area (TPSA) is 79.4 Å². The fourth-order valence-corrected chi connectivity index (χ4v) is 6.75. The number of fused-ring (bicyclic) bond motifs is 2. The lowest BCUT2D eigenvalue weighted by Gasteiger charge is -2.38. The number of thiazole rings is 1. The molecule has 3 aromatic rings. The third-order valence-corrected chi connectivity index (χ3v) is 8.85. The molecule has 0 unspecified atom stereocenters. The maximum absolute atomic E-state index is 12.9. The maximum atomic E-state index is 12.9. The van der Waals surface area contributed by atoms with Crippen molar-refractivity contribution < 1.29 is 12.4 Å². The number of amides is 1. The predicted molar refractivity (Wildman–Crippen MR) is 135 cm³/mol. The second kappa shape index (κ2) is 9.15. The van der Waals surface area contributed by atoms with Gasteiger partial charge < -0.3 is 20.3 Å². The Kier molecular flexibility index (Phi) is 6.26. The van der Waals surface area contributed by atoms with Crippen molar-refractivity contribution in [1.82, 2.24) is 20.2 Å². The third kappa shape index (κ3) is 4.45. The van der Waals surface area contributed by atoms with E-state index >= 15 is 0 Å². The quantitative estimate of drug-likeness (QED) is 0.551. The number of anilines is 1. The zero-order chi connectivity index (χ0) is 22.1. The number of pyridine rings is 1. The van der Waals surface area contributed by atoms with Crippen LogP contribution in [-0.4, -0.2) is 59.7 Å². The van der Waals surface area contributed by atoms with Gasteiger partial charge in [-0.1, -0.05) is 0 Å². The molecular formula is C23H33N5O2S2. The minimum atomic E-state index is -0.0233. The molecule has 0 aliphatic carbocycles. The highest BCUT2D eigenvalue weighted by Crippen LogP contribution is 2.44. The molecule has 0 radical (unpaired) electrons. The van der Waals surface area contributed by atoms with Crippen LogP contribution in [0.4, 0.5) is 5.00 Å². The first kappa shape index (κ1) is 21.9. The van der Waals surface area contributed by atoms with E-state index in [2.05, 4.69) is 27.4 Å². The monoisotopic (exact) mass is 475 g/mol. The van der Waals surface area contributed by atoms with Crippen molar-refractivity contribution >= 4 is 43.8 Å². The summed E-state index contributed by atoms with van der Waals surface area (Å²) in [4.78, 5) is 25.6. The Bertz CT molecular complexity index is 1090. The number of aromatic nitrogens is 2. The molecule has 0 atom stereocenters. The van der Waals surface area contributed by atoms with Crippen molar-refractivity contribution in [3.63, 3.8) is 0 Å². The molecule has 2 aliphatic heterocycles. The van der Waals surface area contributed by atoms with Crippen LogP contribution in [0.1, 0.15) is 39.5 Å². The summed E-state index contributed by atoms with van der Waals surface area (Å²) in [6.07, 6.45) is 7.07. The SMILES string of the molecule is COC1(C)CCN(CCC(=O)Nc2sc3c(c2-c2nc4cnccc4s2)CCNC3)CC1.[HH].[HH]. The Morgan fingerprint density at radius 1 is 1.38 bits per heavy atom. The molecule has 0 bridgehead atoms. The number of hydrogen-bond acceptors (Lipinski definition) is 8. The van der Waals surface area contributed by atoms with E-state index in [0.717, 1.165) is 77.8 Å². The lowest BCUT2D eigenvalue weighted by Crippen LogP contribution is -2.44. The first-order valence-corrected chi connectivity index (χ1v) is 12.8. The number of thiophene rings is 1. The molecule has 5 heterocycles. The Morgan fingerprint density at radius 2 is 2.22 bits per heavy atom. The van der Waals surface area contributed by atoms with Crippen LogP contribution in [0.3, 0.4) is 0 Å². The van der Waals surface area contributed by atoms with Crippen LogP contribution < -0.4 is 10.6 Å². The Labute approximate surface area is 199 Å². The average molecular weight is 476 g/mol. The zero-order valence-corrected chi connectivity index (χ0v) is 20.2. The van der Waals surface area contributed by atoms with E-state index in [9.17, 15) is 4.79 Å². The second-order valence-corrected chi connectivity index (χ2v) is 10.9. The normalized spacial score (nSPS) is 18.6. The summed E-state index contributed by atoms with van der Waals surface area (Å²) >= 11 is 3.36. The Hall–Kier alpha value is -1.91. The molecule has 1 amide bonds. The molecule has 5 rings (SSSR count). The molecular weight excluding hydrogens is 442 g/mol. The number of likely N-dealkylation sites (tertiary alicyclic amines) is 1. The fraction of sp³-hybridized carbons (Fsp3) is 0.522. The van der Waals surface area contributed by atoms with Crippen LogP contribution in [0.2, 0.25) is 0 Å². The van der Waals surface area contributed by atoms with Gasteiger partial charge in [0.2, 0.25) is 5.91 Å². The van der Waals surface area contributed by atoms with Crippen molar-refractivity contribution in [3.8, 4) is 10.6 Å². The molecule has 174 valence electrons. The summed E-state index contributed by atoms with van der Waals surface area (Å²) in [5.74, 6) is 0.0701. The van der Waals surface area contributed by atoms with Crippen molar-refractivity contribution in [2.24, 2.45) is 0 Å². The van der Waals surface area contributed by atoms with Crippen LogP contribution in [-0.2, 0) is 22.5 Å². The highest BCUT2D eigenvalue weighted by molar-refractivity contribution is 7.22. The minimum Gasteiger partial charge on any atom is -0.378 e. The summed E-state index contributed by atoms with van der Waals surface area (Å²) < 4.78 is 6.75. The van der Waals surface area contributed by atoms with Crippen molar-refractivity contribution in [1.29, 1.82) is 0 Å². The third-order valence-electron chi connectivity index (χ3n) is 6.65. The smallest absolute Gasteiger partial charge is 0.226 e. The van der Waals surface area contributed by atoms with E-state index in [1.807, 2.05) is 6.07 Å². The number of ether oxygens (including phenoxy) is 1. The first-order valence-electron chi connectivity index (χ1n) is 11.2. The molecule has 1 fully saturated rings. The van der Waals surface area contributed by atoms with Crippen LogP contribution in [0.5, 0.6) is 0 Å². The highest BCUT2D eigenvalue weighted by Gasteiger charge is 2.30. The molecule has 9 heteroatoms. The molecule has 0 aromatic carbocycles. The summed E-state index contributed by atoms with van der Waals surface area (Å²) in [7, 11) is 1.79. The van der Waals surface area contributed by atoms with Gasteiger partial charge in [-0.2, -0.15) is 0 Å². The molecule has 0 spiro atoms. The number of methoxy groups -OCH3 is 1. The number of rotatable bonds is 6. The number of piperidine rings is 1. The molecule has 2 N–H and O–H groups in total. The van der Waals surface area contributed by atoms with E-state index in [1.54, 1.807) is 42.2 Å². The van der Waals surface area contributed by atoms with Crippen LogP contribution >= 0.6 is 22.7 Å². The van der Waals surface area contributed by atoms with Gasteiger partial charge in [-0.3, -0.25) is 9.78 Å². The number of hydrogen-bond donors (Lipinski definition) is 2. The summed E-state index contributed by atoms with van der Waals surface area (Å²) in [6, 6.07) is 2.00. The summed E-state index contributed by atoms with van der Waals surface area (Å²) in [6.45, 7) is 6.70. The maximum Gasteiger partial charge on any atom is 0.226 e. The lowest BCUT2D eigenvalue weighted by molar-refractivity contribution is -0.116. The van der Waals surface area contributed by atoms with E-state index < -0.39 is 0 Å². The average Bonchev–Trinajstić information content (AvgIpc) is 3.39. The van der Waals surface area contributed by atoms with Gasteiger partial charge in [-0.25, -0.2) is 4.98 Å². The van der Waals surface area contributed by atoms with Gasteiger partial charge in [0.05, 0.1) is 16.5 Å². The molecule has 3 aromatic heterocycles. The fourth-order valence-electron chi connectivity index (χ4n) is 4.44. The van der Waals surface area contributed by atoms with Gasteiger partial charge in [0.25, 0.3) is 0 Å². The number of nitrogens with zero attached hydrogens (tertiary/aromatic N) is 3. The van der Waals surface area contributed by atoms with Crippen LogP contribution in [0, 0.1) is 0 Å². The molecule has 2 aliphatic rings. The Balaban J connectivity index is 0.00000162. The Morgan fingerprint density at radius 3 is 3.00 bits per heavy atom. The molecule has 7 nitrogen and oxygen atoms in total. The second-order valence-electron chi connectivity index (χ2n) is 8.79. The summed E-state index contributed by atoms with van der Waals surface area (Å²) in [5, 5.41) is 8.58. The van der Waals surface area contributed by atoms with E-state index in [4.69, 9.17) is 9.72 Å². The molecule has 0 saturated carbocycles. The van der Waals surface area contributed by atoms with E-state index in [1.165, 1.54) is 10.4 Å². The molecule has 1 saturated heterocycles. The van der Waals surface area contributed by atoms with Crippen LogP contribution in [0.25, 0.3) is 20.8 Å².